The molecular weight excluding hydrogens is 284 g/mol. The van der Waals surface area contributed by atoms with Gasteiger partial charge in [-0.2, -0.15) is 0 Å². The van der Waals surface area contributed by atoms with Crippen molar-refractivity contribution in [2.75, 3.05) is 6.67 Å². The quantitative estimate of drug-likeness (QED) is 0.551. The van der Waals surface area contributed by atoms with Gasteiger partial charge < -0.3 is 15.4 Å². The van der Waals surface area contributed by atoms with E-state index in [1.165, 1.54) is 23.3 Å². The molecule has 2 aromatic rings. The van der Waals surface area contributed by atoms with Crippen LogP contribution in [-0.2, 0) is 24.4 Å². The van der Waals surface area contributed by atoms with Gasteiger partial charge in [0.25, 0.3) is 5.91 Å². The maximum absolute atomic E-state index is 12.1. The van der Waals surface area contributed by atoms with Crippen molar-refractivity contribution < 1.29 is 14.1 Å². The van der Waals surface area contributed by atoms with Crippen LogP contribution in [0.25, 0.3) is 0 Å². The number of rotatable bonds is 7. The van der Waals surface area contributed by atoms with Gasteiger partial charge in [-0.05, 0) is 4.92 Å². The van der Waals surface area contributed by atoms with E-state index >= 15 is 0 Å². The normalized spacial score (nSPS) is 10.5. The Bertz CT molecular complexity index is 638. The summed E-state index contributed by atoms with van der Waals surface area (Å²) < 4.78 is 14.5. The predicted molar refractivity (Wildman–Crippen MR) is 66.7 cm³/mol. The number of nitrogens with one attached hydrogen (secondary N) is 1. The first-order valence-electron chi connectivity index (χ1n) is 5.97. The number of hydrogen-bond acceptors (Lipinski definition) is 6. The number of carbonyl (C=O) groups is 1. The number of aromatic nitrogens is 5. The average Bonchev–Trinajstić information content (AvgIpc) is 3.06. The second-order valence-corrected chi connectivity index (χ2v) is 4.05. The fourth-order valence-electron chi connectivity index (χ4n) is 1.61. The molecule has 0 saturated heterocycles. The number of amides is 1. The molecule has 2 rings (SSSR count). The van der Waals surface area contributed by atoms with Crippen LogP contribution in [-0.4, -0.2) is 42.1 Å². The summed E-state index contributed by atoms with van der Waals surface area (Å²) in [6.45, 7) is -0.579. The summed E-state index contributed by atoms with van der Waals surface area (Å²) in [5.41, 5.74) is 0.469. The van der Waals surface area contributed by atoms with Gasteiger partial charge in [0.05, 0.1) is 19.3 Å². The number of carbonyl (C=O) groups excluding carboxylic acids is 1. The number of nitrogens with zero attached hydrogens (tertiary/aromatic N) is 6. The van der Waals surface area contributed by atoms with Crippen molar-refractivity contribution in [3.8, 4) is 0 Å². The maximum atomic E-state index is 12.1. The lowest BCUT2D eigenvalue weighted by Gasteiger charge is -2.02. The molecular formula is C10H12FN7O3. The Kier molecular flexibility index (Phi) is 4.53. The fourth-order valence-corrected chi connectivity index (χ4v) is 1.61. The first kappa shape index (κ1) is 14.6. The van der Waals surface area contributed by atoms with Crippen LogP contribution in [0.15, 0.2) is 18.6 Å². The van der Waals surface area contributed by atoms with E-state index in [1.807, 2.05) is 0 Å². The summed E-state index contributed by atoms with van der Waals surface area (Å²) in [6.07, 6.45) is 4.10. The van der Waals surface area contributed by atoms with Gasteiger partial charge in [0.15, 0.2) is 6.54 Å². The molecule has 0 aliphatic rings. The lowest BCUT2D eigenvalue weighted by Crippen LogP contribution is -2.27. The minimum Gasteiger partial charge on any atom is -0.390 e. The smallest absolute Gasteiger partial charge is 0.390 e. The van der Waals surface area contributed by atoms with Gasteiger partial charge in [0.1, 0.15) is 24.8 Å². The average molecular weight is 296 g/mol. The molecule has 0 bridgehead atoms. The van der Waals surface area contributed by atoms with E-state index in [4.69, 9.17) is 0 Å². The molecule has 2 heterocycles. The third kappa shape index (κ3) is 3.81. The largest absolute Gasteiger partial charge is 0.435 e. The molecule has 0 spiro atoms. The minimum atomic E-state index is -0.671. The number of hydrogen-bond donors (Lipinski definition) is 1. The van der Waals surface area contributed by atoms with Crippen LogP contribution in [0.1, 0.15) is 5.69 Å². The number of alkyl halides is 1. The van der Waals surface area contributed by atoms with Crippen molar-refractivity contribution in [2.24, 2.45) is 0 Å². The molecule has 1 amide bonds. The molecule has 112 valence electrons. The highest BCUT2D eigenvalue weighted by atomic mass is 18.2. The van der Waals surface area contributed by atoms with E-state index in [0.717, 1.165) is 4.57 Å². The third-order valence-electron chi connectivity index (χ3n) is 2.54. The Balaban J connectivity index is 1.86. The van der Waals surface area contributed by atoms with Crippen LogP contribution < -0.4 is 5.32 Å². The number of halogens is 1. The SMILES string of the molecule is O=C(Cn1ccnc1[N+](=O)[O-])NCc1cn(CC[18F])nn1. The van der Waals surface area contributed by atoms with Gasteiger partial charge in [-0.25, -0.2) is 13.6 Å². The first-order valence-corrected chi connectivity index (χ1v) is 5.97. The van der Waals surface area contributed by atoms with Crippen molar-refractivity contribution in [3.05, 3.63) is 34.4 Å². The second-order valence-electron chi connectivity index (χ2n) is 4.05. The zero-order valence-electron chi connectivity index (χ0n) is 10.8. The number of aryl methyl sites for hydroxylation is 1. The summed E-state index contributed by atoms with van der Waals surface area (Å²) in [7, 11) is 0. The number of nitro groups is 1. The van der Waals surface area contributed by atoms with Crippen LogP contribution in [0, 0.1) is 10.1 Å². The summed E-state index contributed by atoms with van der Waals surface area (Å²) in [6, 6.07) is 0. The van der Waals surface area contributed by atoms with E-state index in [0.29, 0.717) is 5.69 Å². The van der Waals surface area contributed by atoms with Gasteiger partial charge in [-0.3, -0.25) is 4.79 Å². The Labute approximate surface area is 117 Å². The summed E-state index contributed by atoms with van der Waals surface area (Å²) in [5, 5.41) is 20.6. The Morgan fingerprint density at radius 2 is 2.33 bits per heavy atom. The van der Waals surface area contributed by atoms with Gasteiger partial charge in [0, 0.05) is 0 Å². The second kappa shape index (κ2) is 6.54. The molecule has 2 aromatic heterocycles. The molecule has 11 heteroatoms. The first-order chi connectivity index (χ1) is 10.1. The fraction of sp³-hybridized carbons (Fsp3) is 0.400. The maximum Gasteiger partial charge on any atom is 0.435 e. The molecule has 0 saturated carbocycles. The monoisotopic (exact) mass is 296 g/mol. The molecule has 0 unspecified atom stereocenters. The van der Waals surface area contributed by atoms with E-state index in [1.54, 1.807) is 0 Å². The van der Waals surface area contributed by atoms with Crippen LogP contribution in [0.4, 0.5) is 10.3 Å². The standard InChI is InChI=1S/C10H12FN7O3/c11-1-3-17-6-8(14-15-17)5-13-9(19)7-16-4-2-12-10(16)18(20)21/h2,4,6H,1,3,5,7H2,(H,13,19)/i11-1. The molecule has 0 fully saturated rings. The zero-order valence-corrected chi connectivity index (χ0v) is 10.8. The van der Waals surface area contributed by atoms with Crippen LogP contribution >= 0.6 is 0 Å². The molecule has 1 N–H and O–H groups in total. The van der Waals surface area contributed by atoms with Crippen LogP contribution in [0.3, 0.4) is 0 Å². The van der Waals surface area contributed by atoms with Crippen molar-refractivity contribution in [1.82, 2.24) is 29.9 Å². The summed E-state index contributed by atoms with van der Waals surface area (Å²) in [4.78, 5) is 25.2. The zero-order chi connectivity index (χ0) is 15.2. The van der Waals surface area contributed by atoms with Crippen molar-refractivity contribution in [3.63, 3.8) is 0 Å². The Morgan fingerprint density at radius 1 is 1.52 bits per heavy atom. The molecule has 0 aliphatic carbocycles. The van der Waals surface area contributed by atoms with Crippen molar-refractivity contribution >= 4 is 11.9 Å². The molecule has 10 nitrogen and oxygen atoms in total. The minimum absolute atomic E-state index is 0.0994. The highest BCUT2D eigenvalue weighted by molar-refractivity contribution is 5.75. The molecule has 0 aromatic carbocycles. The van der Waals surface area contributed by atoms with Gasteiger partial charge in [-0.15, -0.1) is 5.10 Å². The lowest BCUT2D eigenvalue weighted by molar-refractivity contribution is -0.396. The molecule has 0 radical (unpaired) electrons. The van der Waals surface area contributed by atoms with Gasteiger partial charge >= 0.3 is 5.95 Å². The van der Waals surface area contributed by atoms with Crippen LogP contribution in [0.2, 0.25) is 0 Å². The van der Waals surface area contributed by atoms with E-state index in [-0.39, 0.29) is 19.6 Å². The van der Waals surface area contributed by atoms with Crippen molar-refractivity contribution in [1.29, 1.82) is 0 Å². The van der Waals surface area contributed by atoms with E-state index in [9.17, 15) is 19.3 Å². The lowest BCUT2D eigenvalue weighted by atomic mass is 10.4. The van der Waals surface area contributed by atoms with Crippen molar-refractivity contribution in [2.45, 2.75) is 19.6 Å². The molecule has 0 aliphatic heterocycles. The van der Waals surface area contributed by atoms with Gasteiger partial charge in [0.2, 0.25) is 0 Å². The topological polar surface area (TPSA) is 121 Å². The van der Waals surface area contributed by atoms with E-state index in [2.05, 4.69) is 20.6 Å². The Morgan fingerprint density at radius 3 is 3.05 bits per heavy atom. The predicted octanol–water partition coefficient (Wildman–Crippen LogP) is -0.331. The number of imidazole rings is 1. The molecule has 0 atom stereocenters. The molecule has 21 heavy (non-hydrogen) atoms. The summed E-state index contributed by atoms with van der Waals surface area (Å²) >= 11 is 0. The third-order valence-corrected chi connectivity index (χ3v) is 2.54. The van der Waals surface area contributed by atoms with Crippen LogP contribution in [0.5, 0.6) is 0 Å². The highest BCUT2D eigenvalue weighted by Crippen LogP contribution is 2.06. The Hall–Kier alpha value is -2.85. The van der Waals surface area contributed by atoms with E-state index < -0.39 is 23.5 Å². The van der Waals surface area contributed by atoms with Gasteiger partial charge in [-0.1, -0.05) is 10.2 Å². The summed E-state index contributed by atoms with van der Waals surface area (Å²) in [5.74, 6) is -0.838. The highest BCUT2D eigenvalue weighted by Gasteiger charge is 2.16.